The second-order valence-electron chi connectivity index (χ2n) is 6.25. The molecule has 2 amide bonds. The number of aryl methyl sites for hydroxylation is 1. The van der Waals surface area contributed by atoms with Crippen LogP contribution in [0.4, 0.5) is 10.5 Å². The fourth-order valence-electron chi connectivity index (χ4n) is 3.54. The van der Waals surface area contributed by atoms with Crippen molar-refractivity contribution in [3.05, 3.63) is 29.3 Å². The maximum absolute atomic E-state index is 12.6. The highest BCUT2D eigenvalue weighted by Gasteiger charge is 2.29. The van der Waals surface area contributed by atoms with Crippen molar-refractivity contribution in [1.82, 2.24) is 5.32 Å². The van der Waals surface area contributed by atoms with E-state index >= 15 is 0 Å². The lowest BCUT2D eigenvalue weighted by atomic mass is 9.95. The number of carbonyl (C=O) groups excluding carboxylic acids is 1. The molecule has 1 aromatic carbocycles. The summed E-state index contributed by atoms with van der Waals surface area (Å²) in [5.41, 5.74) is 2.81. The Kier molecular flexibility index (Phi) is 4.15. The van der Waals surface area contributed by atoms with Crippen molar-refractivity contribution in [2.45, 2.75) is 57.6 Å². The van der Waals surface area contributed by atoms with Gasteiger partial charge in [0.15, 0.2) is 0 Å². The maximum atomic E-state index is 12.6. The Balaban J connectivity index is 1.80. The zero-order valence-electron chi connectivity index (χ0n) is 12.6. The third kappa shape index (κ3) is 2.91. The van der Waals surface area contributed by atoms with Crippen LogP contribution in [0.5, 0.6) is 0 Å². The summed E-state index contributed by atoms with van der Waals surface area (Å²) in [5.74, 6) is 0. The smallest absolute Gasteiger partial charge is 0.322 e. The molecule has 114 valence electrons. The molecular weight excluding hydrogens is 264 g/mol. The van der Waals surface area contributed by atoms with Gasteiger partial charge in [0.25, 0.3) is 0 Å². The summed E-state index contributed by atoms with van der Waals surface area (Å²) in [6.45, 7) is 2.58. The molecule has 1 fully saturated rings. The Bertz CT molecular complexity index is 524. The number of urea groups is 1. The van der Waals surface area contributed by atoms with Gasteiger partial charge in [-0.25, -0.2) is 4.79 Å². The van der Waals surface area contributed by atoms with E-state index in [-0.39, 0.29) is 6.03 Å². The number of benzene rings is 1. The van der Waals surface area contributed by atoms with Crippen molar-refractivity contribution in [3.8, 4) is 0 Å². The van der Waals surface area contributed by atoms with Crippen molar-refractivity contribution in [1.29, 1.82) is 0 Å². The summed E-state index contributed by atoms with van der Waals surface area (Å²) in [6, 6.07) is 6.17. The van der Waals surface area contributed by atoms with Crippen molar-refractivity contribution in [3.63, 3.8) is 0 Å². The normalized spacial score (nSPS) is 22.8. The first-order valence-corrected chi connectivity index (χ1v) is 8.02. The summed E-state index contributed by atoms with van der Waals surface area (Å²) in [4.78, 5) is 14.4. The molecule has 1 aliphatic heterocycles. The molecule has 2 N–H and O–H groups in total. The molecule has 1 unspecified atom stereocenters. The van der Waals surface area contributed by atoms with Gasteiger partial charge in [-0.15, -0.1) is 0 Å². The average molecular weight is 288 g/mol. The number of rotatable bonds is 1. The number of hydrogen-bond acceptors (Lipinski definition) is 2. The molecule has 4 heteroatoms. The summed E-state index contributed by atoms with van der Waals surface area (Å²) >= 11 is 0. The summed E-state index contributed by atoms with van der Waals surface area (Å²) in [6.07, 6.45) is 6.02. The van der Waals surface area contributed by atoms with Crippen LogP contribution in [0, 0.1) is 6.92 Å². The van der Waals surface area contributed by atoms with Crippen molar-refractivity contribution in [2.24, 2.45) is 0 Å². The lowest BCUT2D eigenvalue weighted by molar-refractivity contribution is 0.163. The van der Waals surface area contributed by atoms with E-state index in [1.807, 2.05) is 30.0 Å². The molecule has 0 saturated heterocycles. The number of aliphatic hydroxyl groups is 1. The fourth-order valence-corrected chi connectivity index (χ4v) is 3.54. The Morgan fingerprint density at radius 3 is 2.76 bits per heavy atom. The highest BCUT2D eigenvalue weighted by molar-refractivity contribution is 5.94. The van der Waals surface area contributed by atoms with E-state index in [1.54, 1.807) is 0 Å². The van der Waals surface area contributed by atoms with E-state index in [9.17, 15) is 9.90 Å². The first-order chi connectivity index (χ1) is 10.2. The van der Waals surface area contributed by atoms with Gasteiger partial charge in [-0.2, -0.15) is 0 Å². The minimum atomic E-state index is -0.460. The molecule has 1 aromatic rings. The van der Waals surface area contributed by atoms with Crippen LogP contribution in [0.2, 0.25) is 0 Å². The number of amides is 2. The number of hydrogen-bond donors (Lipinski definition) is 2. The third-order valence-electron chi connectivity index (χ3n) is 4.70. The monoisotopic (exact) mass is 288 g/mol. The average Bonchev–Trinajstić information content (AvgIpc) is 2.49. The van der Waals surface area contributed by atoms with Gasteiger partial charge in [-0.3, -0.25) is 4.90 Å². The first kappa shape index (κ1) is 14.4. The predicted molar refractivity (Wildman–Crippen MR) is 83.5 cm³/mol. The zero-order chi connectivity index (χ0) is 14.8. The Morgan fingerprint density at radius 1 is 1.24 bits per heavy atom. The maximum Gasteiger partial charge on any atom is 0.322 e. The van der Waals surface area contributed by atoms with Crippen LogP contribution in [0.25, 0.3) is 0 Å². The number of nitrogens with one attached hydrogen (secondary N) is 1. The van der Waals surface area contributed by atoms with Gasteiger partial charge in [-0.05, 0) is 31.7 Å². The Morgan fingerprint density at radius 2 is 2.00 bits per heavy atom. The molecule has 0 aromatic heterocycles. The lowest BCUT2D eigenvalue weighted by Crippen LogP contribution is -2.48. The van der Waals surface area contributed by atoms with Crippen molar-refractivity contribution >= 4 is 11.7 Å². The summed E-state index contributed by atoms with van der Waals surface area (Å²) in [7, 11) is 0. The second kappa shape index (κ2) is 6.06. The largest absolute Gasteiger partial charge is 0.388 e. The lowest BCUT2D eigenvalue weighted by Gasteiger charge is -2.35. The molecule has 0 radical (unpaired) electrons. The first-order valence-electron chi connectivity index (χ1n) is 8.02. The molecule has 2 aliphatic rings. The Labute approximate surface area is 126 Å². The van der Waals surface area contributed by atoms with Gasteiger partial charge >= 0.3 is 6.03 Å². The number of nitrogens with zero attached hydrogens (tertiary/aromatic N) is 1. The standard InChI is InChI=1S/C17H24N2O2/c1-12-6-5-9-14-15(20)10-11-19(16(12)14)17(21)18-13-7-3-2-4-8-13/h5-6,9,13,15,20H,2-4,7-8,10-11H2,1H3,(H,18,21). The molecule has 1 aliphatic carbocycles. The molecule has 21 heavy (non-hydrogen) atoms. The third-order valence-corrected chi connectivity index (χ3v) is 4.70. The van der Waals surface area contributed by atoms with Gasteiger partial charge in [0.05, 0.1) is 11.8 Å². The van der Waals surface area contributed by atoms with Crippen LogP contribution in [0.3, 0.4) is 0 Å². The SMILES string of the molecule is Cc1cccc2c1N(C(=O)NC1CCCCC1)CCC2O. The van der Waals surface area contributed by atoms with Crippen LogP contribution in [-0.2, 0) is 0 Å². The molecule has 1 atom stereocenters. The molecule has 1 saturated carbocycles. The van der Waals surface area contributed by atoms with Gasteiger partial charge in [-0.1, -0.05) is 37.5 Å². The number of fused-ring (bicyclic) bond motifs is 1. The van der Waals surface area contributed by atoms with E-state index < -0.39 is 6.10 Å². The van der Waals surface area contributed by atoms with Crippen LogP contribution in [0.1, 0.15) is 55.8 Å². The second-order valence-corrected chi connectivity index (χ2v) is 6.25. The quantitative estimate of drug-likeness (QED) is 0.833. The van der Waals surface area contributed by atoms with Crippen LogP contribution in [0.15, 0.2) is 18.2 Å². The molecular formula is C17H24N2O2. The zero-order valence-corrected chi connectivity index (χ0v) is 12.6. The van der Waals surface area contributed by atoms with E-state index in [2.05, 4.69) is 5.32 Å². The molecule has 1 heterocycles. The topological polar surface area (TPSA) is 52.6 Å². The Hall–Kier alpha value is -1.55. The highest BCUT2D eigenvalue weighted by Crippen LogP contribution is 2.36. The summed E-state index contributed by atoms with van der Waals surface area (Å²) in [5, 5.41) is 13.3. The number of aliphatic hydroxyl groups excluding tert-OH is 1. The van der Waals surface area contributed by atoms with E-state index in [0.717, 1.165) is 29.7 Å². The number of para-hydroxylation sites is 1. The number of anilines is 1. The molecule has 4 nitrogen and oxygen atoms in total. The van der Waals surface area contributed by atoms with E-state index in [4.69, 9.17) is 0 Å². The molecule has 0 bridgehead atoms. The van der Waals surface area contributed by atoms with Crippen LogP contribution in [-0.4, -0.2) is 23.7 Å². The highest BCUT2D eigenvalue weighted by atomic mass is 16.3. The molecule has 3 rings (SSSR count). The van der Waals surface area contributed by atoms with E-state index in [0.29, 0.717) is 19.0 Å². The van der Waals surface area contributed by atoms with Gasteiger partial charge < -0.3 is 10.4 Å². The minimum Gasteiger partial charge on any atom is -0.388 e. The van der Waals surface area contributed by atoms with Crippen LogP contribution >= 0.6 is 0 Å². The fraction of sp³-hybridized carbons (Fsp3) is 0.588. The number of carbonyl (C=O) groups is 1. The predicted octanol–water partition coefficient (Wildman–Crippen LogP) is 3.28. The van der Waals surface area contributed by atoms with Gasteiger partial charge in [0, 0.05) is 18.2 Å². The van der Waals surface area contributed by atoms with Gasteiger partial charge in [0.2, 0.25) is 0 Å². The summed E-state index contributed by atoms with van der Waals surface area (Å²) < 4.78 is 0. The van der Waals surface area contributed by atoms with Crippen LogP contribution < -0.4 is 10.2 Å². The molecule has 0 spiro atoms. The van der Waals surface area contributed by atoms with Crippen molar-refractivity contribution < 1.29 is 9.90 Å². The van der Waals surface area contributed by atoms with Crippen molar-refractivity contribution in [2.75, 3.05) is 11.4 Å². The van der Waals surface area contributed by atoms with E-state index in [1.165, 1.54) is 19.3 Å². The minimum absolute atomic E-state index is 0.00986. The van der Waals surface area contributed by atoms with Gasteiger partial charge in [0.1, 0.15) is 0 Å².